The smallest absolute Gasteiger partial charge is 0.203 e. The van der Waals surface area contributed by atoms with Crippen LogP contribution in [-0.2, 0) is 0 Å². The fourth-order valence-electron chi connectivity index (χ4n) is 2.08. The molecule has 116 valence electrons. The predicted octanol–water partition coefficient (Wildman–Crippen LogP) is 3.79. The van der Waals surface area contributed by atoms with E-state index in [0.717, 1.165) is 0 Å². The zero-order chi connectivity index (χ0) is 16.3. The third-order valence-corrected chi connectivity index (χ3v) is 3.53. The molecule has 0 aliphatic heterocycles. The van der Waals surface area contributed by atoms with Crippen molar-refractivity contribution in [3.8, 4) is 17.2 Å². The van der Waals surface area contributed by atoms with Crippen LogP contribution >= 0.6 is 0 Å². The van der Waals surface area contributed by atoms with Gasteiger partial charge in [-0.3, -0.25) is 4.79 Å². The maximum absolute atomic E-state index is 12.1. The molecule has 0 amide bonds. The van der Waals surface area contributed by atoms with Crippen LogP contribution in [0.1, 0.15) is 41.3 Å². The van der Waals surface area contributed by atoms with Crippen LogP contribution in [0.4, 0.5) is 0 Å². The van der Waals surface area contributed by atoms with Gasteiger partial charge in [0.1, 0.15) is 17.2 Å². The van der Waals surface area contributed by atoms with Gasteiger partial charge in [0, 0.05) is 6.07 Å². The van der Waals surface area contributed by atoms with Gasteiger partial charge in [0.25, 0.3) is 0 Å². The highest BCUT2D eigenvalue weighted by Gasteiger charge is 2.14. The number of ether oxygens (including phenoxy) is 1. The van der Waals surface area contributed by atoms with Gasteiger partial charge in [0.15, 0.2) is 6.61 Å². The van der Waals surface area contributed by atoms with E-state index >= 15 is 0 Å². The third kappa shape index (κ3) is 3.58. The Bertz CT molecular complexity index is 672. The van der Waals surface area contributed by atoms with Gasteiger partial charge < -0.3 is 14.9 Å². The van der Waals surface area contributed by atoms with Gasteiger partial charge in [-0.2, -0.15) is 0 Å². The van der Waals surface area contributed by atoms with E-state index in [4.69, 9.17) is 4.74 Å². The molecule has 2 aromatic carbocycles. The van der Waals surface area contributed by atoms with Crippen molar-refractivity contribution >= 4 is 5.78 Å². The summed E-state index contributed by atoms with van der Waals surface area (Å²) in [5.74, 6) is 0.417. The number of aromatic hydroxyl groups is 2. The van der Waals surface area contributed by atoms with Crippen LogP contribution in [-0.4, -0.2) is 22.6 Å². The maximum atomic E-state index is 12.1. The minimum absolute atomic E-state index is 0.0424. The Hall–Kier alpha value is -2.49. The summed E-state index contributed by atoms with van der Waals surface area (Å²) in [5.41, 5.74) is 1.88. The molecule has 0 bridgehead atoms. The van der Waals surface area contributed by atoms with Crippen LogP contribution < -0.4 is 4.74 Å². The summed E-state index contributed by atoms with van der Waals surface area (Å²) in [4.78, 5) is 12.1. The number of phenolic OH excluding ortho intramolecular Hbond substituents is 2. The number of hydrogen-bond acceptors (Lipinski definition) is 4. The van der Waals surface area contributed by atoms with Crippen molar-refractivity contribution in [3.05, 3.63) is 53.1 Å². The molecule has 0 atom stereocenters. The molecule has 22 heavy (non-hydrogen) atoms. The first-order valence-corrected chi connectivity index (χ1v) is 7.17. The molecular formula is C18H20O4. The van der Waals surface area contributed by atoms with Gasteiger partial charge in [-0.15, -0.1) is 0 Å². The molecule has 4 nitrogen and oxygen atoms in total. The maximum Gasteiger partial charge on any atom is 0.203 e. The van der Waals surface area contributed by atoms with Gasteiger partial charge in [0.05, 0.1) is 5.56 Å². The number of benzene rings is 2. The second-order valence-corrected chi connectivity index (χ2v) is 5.59. The average Bonchev–Trinajstić information content (AvgIpc) is 2.49. The highest BCUT2D eigenvalue weighted by Crippen LogP contribution is 2.27. The Morgan fingerprint density at radius 1 is 1.09 bits per heavy atom. The first-order valence-electron chi connectivity index (χ1n) is 7.17. The molecule has 2 N–H and O–H groups in total. The lowest BCUT2D eigenvalue weighted by molar-refractivity contribution is 0.0918. The predicted molar refractivity (Wildman–Crippen MR) is 84.9 cm³/mol. The summed E-state index contributed by atoms with van der Waals surface area (Å²) in [5, 5.41) is 19.2. The average molecular weight is 300 g/mol. The monoisotopic (exact) mass is 300 g/mol. The fraction of sp³-hybridized carbons (Fsp3) is 0.278. The van der Waals surface area contributed by atoms with Crippen LogP contribution in [0.15, 0.2) is 36.4 Å². The second kappa shape index (κ2) is 6.52. The van der Waals surface area contributed by atoms with Crippen LogP contribution in [0.25, 0.3) is 0 Å². The van der Waals surface area contributed by atoms with Crippen molar-refractivity contribution < 1.29 is 19.7 Å². The van der Waals surface area contributed by atoms with Gasteiger partial charge >= 0.3 is 0 Å². The molecule has 0 spiro atoms. The number of carbonyl (C=O) groups is 1. The number of phenols is 2. The van der Waals surface area contributed by atoms with E-state index in [1.165, 1.54) is 17.7 Å². The van der Waals surface area contributed by atoms with Gasteiger partial charge in [-0.1, -0.05) is 26.0 Å². The summed E-state index contributed by atoms with van der Waals surface area (Å²) < 4.78 is 5.46. The summed E-state index contributed by atoms with van der Waals surface area (Å²) in [6.45, 7) is 5.71. The molecule has 2 aromatic rings. The molecule has 2 rings (SSSR count). The standard InChI is InChI=1S/C18H20O4/c1-11(2)13-4-6-14(7-5-13)22-10-18(21)15-8-12(3)16(19)9-17(15)20/h4-9,11,19-20H,10H2,1-3H3. The van der Waals surface area contributed by atoms with Crippen molar-refractivity contribution in [1.29, 1.82) is 0 Å². The Labute approximate surface area is 130 Å². The van der Waals surface area contributed by atoms with E-state index in [9.17, 15) is 15.0 Å². The topological polar surface area (TPSA) is 66.8 Å². The molecule has 0 aromatic heterocycles. The normalized spacial score (nSPS) is 10.7. The Balaban J connectivity index is 2.05. The van der Waals surface area contributed by atoms with Crippen molar-refractivity contribution in [1.82, 2.24) is 0 Å². The molecule has 0 unspecified atom stereocenters. The van der Waals surface area contributed by atoms with Crippen LogP contribution in [0.5, 0.6) is 17.2 Å². The quantitative estimate of drug-likeness (QED) is 0.824. The molecule has 0 radical (unpaired) electrons. The number of rotatable bonds is 5. The zero-order valence-electron chi connectivity index (χ0n) is 13.0. The van der Waals surface area contributed by atoms with Crippen molar-refractivity contribution in [2.24, 2.45) is 0 Å². The van der Waals surface area contributed by atoms with E-state index in [0.29, 0.717) is 17.2 Å². The summed E-state index contributed by atoms with van der Waals surface area (Å²) >= 11 is 0. The fourth-order valence-corrected chi connectivity index (χ4v) is 2.08. The third-order valence-electron chi connectivity index (χ3n) is 3.53. The van der Waals surface area contributed by atoms with Gasteiger partial charge in [0.2, 0.25) is 5.78 Å². The largest absolute Gasteiger partial charge is 0.508 e. The molecule has 4 heteroatoms. The van der Waals surface area contributed by atoms with Crippen molar-refractivity contribution in [2.45, 2.75) is 26.7 Å². The minimum atomic E-state index is -0.339. The number of hydrogen-bond donors (Lipinski definition) is 2. The van der Waals surface area contributed by atoms with E-state index in [-0.39, 0.29) is 29.5 Å². The van der Waals surface area contributed by atoms with Crippen LogP contribution in [0.3, 0.4) is 0 Å². The molecule has 0 aliphatic carbocycles. The molecule has 0 saturated carbocycles. The summed E-state index contributed by atoms with van der Waals surface area (Å²) in [6.07, 6.45) is 0. The molecule has 0 saturated heterocycles. The minimum Gasteiger partial charge on any atom is -0.508 e. The van der Waals surface area contributed by atoms with Crippen LogP contribution in [0.2, 0.25) is 0 Å². The first kappa shape index (κ1) is 15.9. The number of Topliss-reactive ketones (excluding diaryl/α,β-unsaturated/α-hetero) is 1. The highest BCUT2D eigenvalue weighted by molar-refractivity contribution is 6.00. The van der Waals surface area contributed by atoms with E-state index in [1.807, 2.05) is 24.3 Å². The van der Waals surface area contributed by atoms with Crippen molar-refractivity contribution in [2.75, 3.05) is 6.61 Å². The molecule has 0 heterocycles. The van der Waals surface area contributed by atoms with Crippen LogP contribution in [0, 0.1) is 6.92 Å². The molecular weight excluding hydrogens is 280 g/mol. The Morgan fingerprint density at radius 3 is 2.32 bits per heavy atom. The SMILES string of the molecule is Cc1cc(C(=O)COc2ccc(C(C)C)cc2)c(O)cc1O. The summed E-state index contributed by atoms with van der Waals surface area (Å²) in [7, 11) is 0. The van der Waals surface area contributed by atoms with Gasteiger partial charge in [-0.05, 0) is 42.2 Å². The van der Waals surface area contributed by atoms with Gasteiger partial charge in [-0.25, -0.2) is 0 Å². The zero-order valence-corrected chi connectivity index (χ0v) is 13.0. The summed E-state index contributed by atoms with van der Waals surface area (Å²) in [6, 6.07) is 10.2. The molecule has 0 fully saturated rings. The van der Waals surface area contributed by atoms with E-state index < -0.39 is 0 Å². The number of carbonyl (C=O) groups excluding carboxylic acids is 1. The lowest BCUT2D eigenvalue weighted by atomic mass is 10.0. The Kier molecular flexibility index (Phi) is 4.71. The number of ketones is 1. The molecule has 0 aliphatic rings. The number of aryl methyl sites for hydroxylation is 1. The lowest BCUT2D eigenvalue weighted by Gasteiger charge is -2.10. The van der Waals surface area contributed by atoms with E-state index in [2.05, 4.69) is 13.8 Å². The van der Waals surface area contributed by atoms with Crippen molar-refractivity contribution in [3.63, 3.8) is 0 Å². The van der Waals surface area contributed by atoms with E-state index in [1.54, 1.807) is 6.92 Å². The second-order valence-electron chi connectivity index (χ2n) is 5.59. The lowest BCUT2D eigenvalue weighted by Crippen LogP contribution is -2.12. The highest BCUT2D eigenvalue weighted by atomic mass is 16.5. The Morgan fingerprint density at radius 2 is 1.73 bits per heavy atom. The first-order chi connectivity index (χ1) is 10.4.